The maximum absolute atomic E-state index is 12.6. The molecule has 0 aromatic heterocycles. The number of methoxy groups -OCH3 is 1. The molecule has 10 heteroatoms. The van der Waals surface area contributed by atoms with Gasteiger partial charge in [-0.3, -0.25) is 9.52 Å². The lowest BCUT2D eigenvalue weighted by Crippen LogP contribution is -2.19. The highest BCUT2D eigenvalue weighted by Crippen LogP contribution is 2.21. The Kier molecular flexibility index (Phi) is 6.41. The molecule has 1 amide bonds. The SMILES string of the molecule is COc1ccc(NS(=O)(=O)c2cccc(C(=O)N/N=C/c3ccc(O)cc3O)c2)cc1. The van der Waals surface area contributed by atoms with Crippen molar-refractivity contribution in [2.45, 2.75) is 4.90 Å². The minimum Gasteiger partial charge on any atom is -0.508 e. The molecule has 0 saturated heterocycles. The Morgan fingerprint density at radius 2 is 1.77 bits per heavy atom. The molecule has 3 rings (SSSR count). The van der Waals surface area contributed by atoms with E-state index in [-0.39, 0.29) is 27.5 Å². The summed E-state index contributed by atoms with van der Waals surface area (Å²) in [5.74, 6) is -0.380. The molecule has 160 valence electrons. The third kappa shape index (κ3) is 5.52. The summed E-state index contributed by atoms with van der Waals surface area (Å²) in [6.07, 6.45) is 1.19. The molecule has 31 heavy (non-hydrogen) atoms. The molecule has 0 bridgehead atoms. The van der Waals surface area contributed by atoms with Gasteiger partial charge in [-0.25, -0.2) is 13.8 Å². The van der Waals surface area contributed by atoms with E-state index >= 15 is 0 Å². The van der Waals surface area contributed by atoms with Crippen LogP contribution in [0.1, 0.15) is 15.9 Å². The summed E-state index contributed by atoms with van der Waals surface area (Å²) in [5, 5.41) is 22.7. The molecule has 0 aliphatic heterocycles. The minimum atomic E-state index is -3.93. The normalized spacial score (nSPS) is 11.3. The van der Waals surface area contributed by atoms with Gasteiger partial charge in [0.1, 0.15) is 17.2 Å². The van der Waals surface area contributed by atoms with Crippen LogP contribution in [0.3, 0.4) is 0 Å². The summed E-state index contributed by atoms with van der Waals surface area (Å²) in [5.41, 5.74) is 2.95. The molecule has 0 fully saturated rings. The molecule has 0 aliphatic carbocycles. The number of carbonyl (C=O) groups is 1. The quantitative estimate of drug-likeness (QED) is 0.329. The molecule has 4 N–H and O–H groups in total. The number of benzene rings is 3. The number of amides is 1. The third-order valence-corrected chi connectivity index (χ3v) is 5.51. The molecule has 0 aliphatic rings. The predicted molar refractivity (Wildman–Crippen MR) is 115 cm³/mol. The number of nitrogens with one attached hydrogen (secondary N) is 2. The van der Waals surface area contributed by atoms with E-state index in [1.165, 1.54) is 49.7 Å². The van der Waals surface area contributed by atoms with Crippen LogP contribution >= 0.6 is 0 Å². The first kappa shape index (κ1) is 21.7. The maximum atomic E-state index is 12.6. The van der Waals surface area contributed by atoms with Gasteiger partial charge in [-0.2, -0.15) is 5.10 Å². The number of phenolic OH excluding ortho intramolecular Hbond substituents is 2. The number of sulfonamides is 1. The third-order valence-electron chi connectivity index (χ3n) is 4.13. The van der Waals surface area contributed by atoms with Crippen LogP contribution in [0.4, 0.5) is 5.69 Å². The molecule has 0 spiro atoms. The van der Waals surface area contributed by atoms with Crippen molar-refractivity contribution in [3.05, 3.63) is 77.9 Å². The number of carbonyl (C=O) groups excluding carboxylic acids is 1. The van der Waals surface area contributed by atoms with Crippen LogP contribution in [0, 0.1) is 0 Å². The molecule has 0 heterocycles. The molecule has 3 aromatic carbocycles. The van der Waals surface area contributed by atoms with Crippen molar-refractivity contribution in [3.63, 3.8) is 0 Å². The average Bonchev–Trinajstić information content (AvgIpc) is 2.75. The van der Waals surface area contributed by atoms with Crippen LogP contribution in [-0.2, 0) is 10.0 Å². The number of nitrogens with zero attached hydrogens (tertiary/aromatic N) is 1. The fourth-order valence-corrected chi connectivity index (χ4v) is 3.65. The van der Waals surface area contributed by atoms with Crippen molar-refractivity contribution in [2.75, 3.05) is 11.8 Å². The predicted octanol–water partition coefficient (Wildman–Crippen LogP) is 2.67. The van der Waals surface area contributed by atoms with Crippen molar-refractivity contribution < 1.29 is 28.2 Å². The van der Waals surface area contributed by atoms with Crippen LogP contribution in [0.25, 0.3) is 0 Å². The minimum absolute atomic E-state index is 0.0738. The Labute approximate surface area is 178 Å². The fourth-order valence-electron chi connectivity index (χ4n) is 2.54. The molecular weight excluding hydrogens is 422 g/mol. The number of hydrazone groups is 1. The maximum Gasteiger partial charge on any atom is 0.271 e. The zero-order valence-corrected chi connectivity index (χ0v) is 17.1. The summed E-state index contributed by atoms with van der Waals surface area (Å²) in [6.45, 7) is 0. The molecule has 0 atom stereocenters. The lowest BCUT2D eigenvalue weighted by molar-refractivity contribution is 0.0955. The van der Waals surface area contributed by atoms with Gasteiger partial charge in [0, 0.05) is 22.9 Å². The van der Waals surface area contributed by atoms with E-state index < -0.39 is 15.9 Å². The van der Waals surface area contributed by atoms with E-state index in [4.69, 9.17) is 4.74 Å². The Morgan fingerprint density at radius 3 is 2.45 bits per heavy atom. The topological polar surface area (TPSA) is 137 Å². The second-order valence-corrected chi connectivity index (χ2v) is 7.99. The highest BCUT2D eigenvalue weighted by atomic mass is 32.2. The average molecular weight is 441 g/mol. The zero-order valence-electron chi connectivity index (χ0n) is 16.3. The Balaban J connectivity index is 1.72. The van der Waals surface area contributed by atoms with Crippen LogP contribution in [-0.4, -0.2) is 37.9 Å². The van der Waals surface area contributed by atoms with Gasteiger partial charge < -0.3 is 14.9 Å². The monoisotopic (exact) mass is 441 g/mol. The van der Waals surface area contributed by atoms with Crippen molar-refractivity contribution in [1.82, 2.24) is 5.43 Å². The van der Waals surface area contributed by atoms with Gasteiger partial charge >= 0.3 is 0 Å². The first-order valence-corrected chi connectivity index (χ1v) is 10.4. The summed E-state index contributed by atoms with van der Waals surface area (Å²) >= 11 is 0. The first-order chi connectivity index (χ1) is 14.8. The molecule has 0 radical (unpaired) electrons. The largest absolute Gasteiger partial charge is 0.508 e. The van der Waals surface area contributed by atoms with Gasteiger partial charge in [0.2, 0.25) is 0 Å². The van der Waals surface area contributed by atoms with Crippen LogP contribution in [0.15, 0.2) is 76.7 Å². The lowest BCUT2D eigenvalue weighted by atomic mass is 10.2. The lowest BCUT2D eigenvalue weighted by Gasteiger charge is -2.10. The molecule has 9 nitrogen and oxygen atoms in total. The van der Waals surface area contributed by atoms with E-state index in [0.717, 1.165) is 6.07 Å². The van der Waals surface area contributed by atoms with Crippen LogP contribution < -0.4 is 14.9 Å². The Bertz CT molecular complexity index is 1220. The summed E-state index contributed by atoms with van der Waals surface area (Å²) in [6, 6.07) is 15.7. The van der Waals surface area contributed by atoms with Gasteiger partial charge in [-0.05, 0) is 54.6 Å². The first-order valence-electron chi connectivity index (χ1n) is 8.91. The second kappa shape index (κ2) is 9.18. The standard InChI is InChI=1S/C21H19N3O6S/c1-30-18-9-6-16(7-10-18)24-31(28,29)19-4-2-3-14(11-19)21(27)23-22-13-15-5-8-17(25)12-20(15)26/h2-13,24-26H,1H3,(H,23,27)/b22-13+. The summed E-state index contributed by atoms with van der Waals surface area (Å²) in [4.78, 5) is 12.2. The van der Waals surface area contributed by atoms with E-state index in [2.05, 4.69) is 15.2 Å². The van der Waals surface area contributed by atoms with E-state index in [1.54, 1.807) is 24.3 Å². The number of hydrogen-bond acceptors (Lipinski definition) is 7. The van der Waals surface area contributed by atoms with Gasteiger partial charge in [0.15, 0.2) is 0 Å². The number of hydrogen-bond donors (Lipinski definition) is 4. The Hall–Kier alpha value is -4.05. The number of phenols is 2. The van der Waals surface area contributed by atoms with Crippen LogP contribution in [0.2, 0.25) is 0 Å². The van der Waals surface area contributed by atoms with E-state index in [0.29, 0.717) is 11.4 Å². The number of aromatic hydroxyl groups is 2. The highest BCUT2D eigenvalue weighted by molar-refractivity contribution is 7.92. The van der Waals surface area contributed by atoms with Gasteiger partial charge in [0.25, 0.3) is 15.9 Å². The van der Waals surface area contributed by atoms with Gasteiger partial charge in [0.05, 0.1) is 18.2 Å². The van der Waals surface area contributed by atoms with Gasteiger partial charge in [-0.1, -0.05) is 6.07 Å². The fraction of sp³-hybridized carbons (Fsp3) is 0.0476. The van der Waals surface area contributed by atoms with Crippen molar-refractivity contribution in [3.8, 4) is 17.2 Å². The Morgan fingerprint density at radius 1 is 1.03 bits per heavy atom. The van der Waals surface area contributed by atoms with Crippen LogP contribution in [0.5, 0.6) is 17.2 Å². The second-order valence-electron chi connectivity index (χ2n) is 6.30. The van der Waals surface area contributed by atoms with Crippen molar-refractivity contribution in [1.29, 1.82) is 0 Å². The summed E-state index contributed by atoms with van der Waals surface area (Å²) in [7, 11) is -2.42. The summed E-state index contributed by atoms with van der Waals surface area (Å²) < 4.78 is 32.8. The number of ether oxygens (including phenoxy) is 1. The smallest absolute Gasteiger partial charge is 0.271 e. The number of rotatable bonds is 7. The van der Waals surface area contributed by atoms with Gasteiger partial charge in [-0.15, -0.1) is 0 Å². The molecule has 0 saturated carbocycles. The van der Waals surface area contributed by atoms with E-state index in [1.807, 2.05) is 0 Å². The van der Waals surface area contributed by atoms with E-state index in [9.17, 15) is 23.4 Å². The number of anilines is 1. The molecular formula is C21H19N3O6S. The highest BCUT2D eigenvalue weighted by Gasteiger charge is 2.16. The molecule has 3 aromatic rings. The van der Waals surface area contributed by atoms with Crippen molar-refractivity contribution in [2.24, 2.45) is 5.10 Å². The van der Waals surface area contributed by atoms with Crippen molar-refractivity contribution >= 4 is 27.8 Å². The molecule has 0 unspecified atom stereocenters. The zero-order chi connectivity index (χ0) is 22.4.